The van der Waals surface area contributed by atoms with E-state index < -0.39 is 0 Å². The zero-order chi connectivity index (χ0) is 22.5. The minimum absolute atomic E-state index is 0.0799. The van der Waals surface area contributed by atoms with Gasteiger partial charge in [0.1, 0.15) is 11.4 Å². The lowest BCUT2D eigenvalue weighted by Gasteiger charge is -2.28. The zero-order valence-corrected chi connectivity index (χ0v) is 18.5. The molecule has 0 aliphatic carbocycles. The number of nitrogens with zero attached hydrogens (tertiary/aromatic N) is 5. The monoisotopic (exact) mass is 452 g/mol. The van der Waals surface area contributed by atoms with E-state index in [4.69, 9.17) is 17.0 Å². The molecule has 4 rings (SSSR count). The Labute approximate surface area is 190 Å². The number of hydrogen-bond donors (Lipinski definition) is 1. The van der Waals surface area contributed by atoms with Crippen molar-refractivity contribution >= 4 is 29.8 Å². The molecule has 3 aromatic rings. The molecule has 2 heterocycles. The molecule has 1 aromatic heterocycles. The fourth-order valence-corrected chi connectivity index (χ4v) is 3.95. The van der Waals surface area contributed by atoms with E-state index >= 15 is 0 Å². The molecular weight excluding hydrogens is 428 g/mol. The number of aromatic nitrogens is 3. The van der Waals surface area contributed by atoms with E-state index in [1.807, 2.05) is 37.3 Å². The van der Waals surface area contributed by atoms with Crippen molar-refractivity contribution in [3.8, 4) is 17.1 Å². The second-order valence-electron chi connectivity index (χ2n) is 7.42. The van der Waals surface area contributed by atoms with Gasteiger partial charge in [0.2, 0.25) is 4.77 Å². The van der Waals surface area contributed by atoms with Crippen molar-refractivity contribution in [3.63, 3.8) is 0 Å². The summed E-state index contributed by atoms with van der Waals surface area (Å²) in [5.41, 5.74) is 2.12. The first kappa shape index (κ1) is 21.7. The summed E-state index contributed by atoms with van der Waals surface area (Å²) in [7, 11) is 0. The number of nitrogens with one attached hydrogen (secondary N) is 1. The SMILES string of the molecule is CCOc1cccc(-c2n[nH]c(=S)n2/N=C\c2ccc(N3CCCCC3)c([N+](=O)[O-])c2)c1. The lowest BCUT2D eigenvalue weighted by Crippen LogP contribution is -2.29. The number of rotatable bonds is 7. The molecule has 1 saturated heterocycles. The normalized spacial score (nSPS) is 14.1. The molecule has 1 aliphatic heterocycles. The van der Waals surface area contributed by atoms with Crippen LogP contribution < -0.4 is 9.64 Å². The summed E-state index contributed by atoms with van der Waals surface area (Å²) in [5, 5.41) is 23.2. The quantitative estimate of drug-likeness (QED) is 0.239. The first-order valence-electron chi connectivity index (χ1n) is 10.5. The molecule has 2 aromatic carbocycles. The highest BCUT2D eigenvalue weighted by Gasteiger charge is 2.21. The molecule has 0 unspecified atom stereocenters. The third kappa shape index (κ3) is 4.70. The van der Waals surface area contributed by atoms with E-state index in [0.29, 0.717) is 28.5 Å². The second-order valence-corrected chi connectivity index (χ2v) is 7.81. The van der Waals surface area contributed by atoms with E-state index in [0.717, 1.165) is 43.7 Å². The van der Waals surface area contributed by atoms with E-state index in [1.54, 1.807) is 18.3 Å². The Balaban J connectivity index is 1.65. The van der Waals surface area contributed by atoms with Crippen molar-refractivity contribution in [2.75, 3.05) is 24.6 Å². The van der Waals surface area contributed by atoms with Gasteiger partial charge in [-0.2, -0.15) is 14.9 Å². The fraction of sp³-hybridized carbons (Fsp3) is 0.318. The van der Waals surface area contributed by atoms with Gasteiger partial charge in [-0.3, -0.25) is 10.1 Å². The molecule has 0 radical (unpaired) electrons. The Morgan fingerprint density at radius 3 is 2.81 bits per heavy atom. The number of benzene rings is 2. The summed E-state index contributed by atoms with van der Waals surface area (Å²) in [6.45, 7) is 4.15. The molecule has 1 aliphatic rings. The van der Waals surface area contributed by atoms with Crippen LogP contribution in [0.2, 0.25) is 0 Å². The second kappa shape index (κ2) is 9.73. The molecule has 0 bridgehead atoms. The number of aromatic amines is 1. The Morgan fingerprint density at radius 1 is 1.25 bits per heavy atom. The van der Waals surface area contributed by atoms with Crippen LogP contribution >= 0.6 is 12.2 Å². The topological polar surface area (TPSA) is 102 Å². The molecule has 0 atom stereocenters. The fourth-order valence-electron chi connectivity index (χ4n) is 3.77. The molecule has 9 nitrogen and oxygen atoms in total. The van der Waals surface area contributed by atoms with Gasteiger partial charge in [0.05, 0.1) is 17.7 Å². The Bertz CT molecular complexity index is 1200. The number of hydrogen-bond acceptors (Lipinski definition) is 7. The smallest absolute Gasteiger partial charge is 0.293 e. The van der Waals surface area contributed by atoms with Crippen LogP contribution in [-0.4, -0.2) is 45.7 Å². The van der Waals surface area contributed by atoms with Crippen LogP contribution in [0, 0.1) is 14.9 Å². The number of nitro groups is 1. The Hall–Kier alpha value is -3.53. The maximum absolute atomic E-state index is 11.7. The Kier molecular flexibility index (Phi) is 6.60. The van der Waals surface area contributed by atoms with Gasteiger partial charge in [0.15, 0.2) is 5.82 Å². The molecule has 1 N–H and O–H groups in total. The predicted octanol–water partition coefficient (Wildman–Crippen LogP) is 4.79. The number of ether oxygens (including phenoxy) is 1. The summed E-state index contributed by atoms with van der Waals surface area (Å²) in [6, 6.07) is 12.7. The van der Waals surface area contributed by atoms with Crippen LogP contribution in [0.25, 0.3) is 11.4 Å². The van der Waals surface area contributed by atoms with Gasteiger partial charge >= 0.3 is 0 Å². The van der Waals surface area contributed by atoms with E-state index in [9.17, 15) is 10.1 Å². The molecule has 10 heteroatoms. The Morgan fingerprint density at radius 2 is 2.06 bits per heavy atom. The third-order valence-electron chi connectivity index (χ3n) is 5.27. The van der Waals surface area contributed by atoms with Gasteiger partial charge in [0.25, 0.3) is 5.69 Å². The van der Waals surface area contributed by atoms with Crippen LogP contribution in [0.3, 0.4) is 0 Å². The summed E-state index contributed by atoms with van der Waals surface area (Å²) in [5.74, 6) is 1.24. The van der Waals surface area contributed by atoms with E-state index in [2.05, 4.69) is 20.2 Å². The average molecular weight is 453 g/mol. The molecule has 32 heavy (non-hydrogen) atoms. The van der Waals surface area contributed by atoms with Crippen molar-refractivity contribution < 1.29 is 9.66 Å². The average Bonchev–Trinajstić information content (AvgIpc) is 3.18. The highest BCUT2D eigenvalue weighted by atomic mass is 32.1. The number of nitro benzene ring substituents is 1. The van der Waals surface area contributed by atoms with Gasteiger partial charge in [0, 0.05) is 30.3 Å². The van der Waals surface area contributed by atoms with Crippen LogP contribution in [0.5, 0.6) is 5.75 Å². The lowest BCUT2D eigenvalue weighted by molar-refractivity contribution is -0.384. The van der Waals surface area contributed by atoms with Gasteiger partial charge in [-0.05, 0) is 56.6 Å². The summed E-state index contributed by atoms with van der Waals surface area (Å²) in [6.07, 6.45) is 4.81. The van der Waals surface area contributed by atoms with Crippen molar-refractivity contribution in [1.29, 1.82) is 0 Å². The van der Waals surface area contributed by atoms with Crippen LogP contribution in [0.4, 0.5) is 11.4 Å². The zero-order valence-electron chi connectivity index (χ0n) is 17.7. The molecule has 0 amide bonds. The van der Waals surface area contributed by atoms with Crippen LogP contribution in [0.15, 0.2) is 47.6 Å². The minimum atomic E-state index is -0.338. The largest absolute Gasteiger partial charge is 0.494 e. The number of anilines is 1. The maximum Gasteiger partial charge on any atom is 0.293 e. The van der Waals surface area contributed by atoms with Gasteiger partial charge in [-0.25, -0.2) is 5.10 Å². The number of piperidine rings is 1. The molecule has 166 valence electrons. The lowest BCUT2D eigenvalue weighted by atomic mass is 10.1. The minimum Gasteiger partial charge on any atom is -0.494 e. The van der Waals surface area contributed by atoms with Crippen molar-refractivity contribution in [3.05, 3.63) is 62.9 Å². The molecule has 1 fully saturated rings. The highest BCUT2D eigenvalue weighted by molar-refractivity contribution is 7.71. The van der Waals surface area contributed by atoms with Crippen molar-refractivity contribution in [2.45, 2.75) is 26.2 Å². The highest BCUT2D eigenvalue weighted by Crippen LogP contribution is 2.31. The summed E-state index contributed by atoms with van der Waals surface area (Å²) >= 11 is 5.33. The predicted molar refractivity (Wildman–Crippen MR) is 126 cm³/mol. The van der Waals surface area contributed by atoms with Gasteiger partial charge < -0.3 is 9.64 Å². The van der Waals surface area contributed by atoms with Crippen LogP contribution in [-0.2, 0) is 0 Å². The number of H-pyrrole nitrogens is 1. The molecule has 0 spiro atoms. The standard InChI is InChI=1S/C22H24N6O3S/c1-2-31-18-8-6-7-17(14-18)21-24-25-22(32)27(21)23-15-16-9-10-19(20(13-16)28(29)30)26-11-4-3-5-12-26/h6-10,13-15H,2-5,11-12H2,1H3,(H,25,32)/b23-15-. The van der Waals surface area contributed by atoms with Gasteiger partial charge in [-0.1, -0.05) is 18.2 Å². The summed E-state index contributed by atoms with van der Waals surface area (Å²) < 4.78 is 7.37. The van der Waals surface area contributed by atoms with E-state index in [1.165, 1.54) is 4.68 Å². The van der Waals surface area contributed by atoms with Gasteiger partial charge in [-0.15, -0.1) is 0 Å². The van der Waals surface area contributed by atoms with Crippen LogP contribution in [0.1, 0.15) is 31.7 Å². The maximum atomic E-state index is 11.7. The first-order valence-corrected chi connectivity index (χ1v) is 11.0. The first-order chi connectivity index (χ1) is 15.6. The van der Waals surface area contributed by atoms with Crippen molar-refractivity contribution in [2.24, 2.45) is 5.10 Å². The van der Waals surface area contributed by atoms with Crippen molar-refractivity contribution in [1.82, 2.24) is 14.9 Å². The summed E-state index contributed by atoms with van der Waals surface area (Å²) in [4.78, 5) is 13.5. The van der Waals surface area contributed by atoms with E-state index in [-0.39, 0.29) is 10.6 Å². The molecule has 0 saturated carbocycles. The third-order valence-corrected chi connectivity index (χ3v) is 5.53. The molecular formula is C22H24N6O3S.